The fraction of sp³-hybridized carbons (Fsp3) is 0.385. The summed E-state index contributed by atoms with van der Waals surface area (Å²) in [5.74, 6) is -3.33. The maximum atomic E-state index is 13.6. The van der Waals surface area contributed by atoms with Crippen LogP contribution < -0.4 is 5.32 Å². The van der Waals surface area contributed by atoms with Crippen LogP contribution in [0.1, 0.15) is 15.9 Å². The molecule has 0 heterocycles. The van der Waals surface area contributed by atoms with Crippen molar-refractivity contribution in [2.45, 2.75) is 13.0 Å². The second-order valence-electron chi connectivity index (χ2n) is 4.09. The van der Waals surface area contributed by atoms with Crippen molar-refractivity contribution in [2.24, 2.45) is 0 Å². The number of benzene rings is 1. The van der Waals surface area contributed by atoms with Crippen molar-refractivity contribution in [1.29, 1.82) is 0 Å². The summed E-state index contributed by atoms with van der Waals surface area (Å²) in [7, 11) is 2.49. The molecule has 1 N–H and O–H groups in total. The average molecular weight is 287 g/mol. The van der Waals surface area contributed by atoms with Crippen molar-refractivity contribution in [3.63, 3.8) is 0 Å². The Morgan fingerprint density at radius 2 is 1.90 bits per heavy atom. The van der Waals surface area contributed by atoms with Gasteiger partial charge in [-0.1, -0.05) is 0 Å². The number of carbonyl (C=O) groups is 2. The summed E-state index contributed by atoms with van der Waals surface area (Å²) in [6, 6.07) is 0.622. The van der Waals surface area contributed by atoms with E-state index in [1.807, 2.05) is 0 Å². The first-order valence-electron chi connectivity index (χ1n) is 5.74. The number of hydrogen-bond donors (Lipinski definition) is 1. The fourth-order valence-electron chi connectivity index (χ4n) is 1.54. The molecule has 20 heavy (non-hydrogen) atoms. The van der Waals surface area contributed by atoms with Crippen LogP contribution in [0, 0.1) is 18.6 Å². The average Bonchev–Trinajstić information content (AvgIpc) is 2.41. The van der Waals surface area contributed by atoms with E-state index in [9.17, 15) is 18.4 Å². The van der Waals surface area contributed by atoms with E-state index < -0.39 is 29.6 Å². The van der Waals surface area contributed by atoms with Gasteiger partial charge in [0.05, 0.1) is 19.3 Å². The van der Waals surface area contributed by atoms with Crippen LogP contribution in [0.15, 0.2) is 12.1 Å². The topological polar surface area (TPSA) is 64.6 Å². The van der Waals surface area contributed by atoms with Gasteiger partial charge in [0.25, 0.3) is 5.91 Å². The molecule has 1 atom stereocenters. The quantitative estimate of drug-likeness (QED) is 0.826. The Balaban J connectivity index is 2.94. The smallest absolute Gasteiger partial charge is 0.330 e. The second-order valence-corrected chi connectivity index (χ2v) is 4.09. The van der Waals surface area contributed by atoms with Gasteiger partial charge in [-0.25, -0.2) is 13.6 Å². The predicted molar refractivity (Wildman–Crippen MR) is 66.2 cm³/mol. The van der Waals surface area contributed by atoms with Gasteiger partial charge < -0.3 is 14.8 Å². The highest BCUT2D eigenvalue weighted by molar-refractivity contribution is 5.97. The Hall–Kier alpha value is -2.02. The molecule has 7 heteroatoms. The van der Waals surface area contributed by atoms with Crippen molar-refractivity contribution in [1.82, 2.24) is 5.32 Å². The van der Waals surface area contributed by atoms with Gasteiger partial charge in [-0.2, -0.15) is 0 Å². The number of halogens is 2. The van der Waals surface area contributed by atoms with Crippen LogP contribution in [0.4, 0.5) is 8.78 Å². The third-order valence-corrected chi connectivity index (χ3v) is 2.62. The zero-order valence-corrected chi connectivity index (χ0v) is 11.3. The van der Waals surface area contributed by atoms with Gasteiger partial charge in [-0.3, -0.25) is 4.79 Å². The normalized spacial score (nSPS) is 11.8. The molecule has 0 saturated carbocycles. The molecule has 0 radical (unpaired) electrons. The first-order valence-corrected chi connectivity index (χ1v) is 5.74. The van der Waals surface area contributed by atoms with Gasteiger partial charge in [-0.15, -0.1) is 0 Å². The van der Waals surface area contributed by atoms with Crippen molar-refractivity contribution in [2.75, 3.05) is 20.8 Å². The maximum Gasteiger partial charge on any atom is 0.330 e. The van der Waals surface area contributed by atoms with E-state index in [0.717, 1.165) is 13.2 Å². The van der Waals surface area contributed by atoms with Gasteiger partial charge in [-0.05, 0) is 18.6 Å². The highest BCUT2D eigenvalue weighted by Gasteiger charge is 2.24. The zero-order chi connectivity index (χ0) is 15.3. The first-order chi connectivity index (χ1) is 9.40. The largest absolute Gasteiger partial charge is 0.467 e. The molecule has 1 aromatic rings. The molecular formula is C13H15F2NO4. The number of aryl methyl sites for hydroxylation is 1. The molecule has 5 nitrogen and oxygen atoms in total. The van der Waals surface area contributed by atoms with E-state index in [4.69, 9.17) is 4.74 Å². The lowest BCUT2D eigenvalue weighted by Crippen LogP contribution is -2.44. The molecular weight excluding hydrogens is 272 g/mol. The SMILES string of the molecule is COC[C@H](NC(=O)c1cc(C)c(F)cc1F)C(=O)OC. The van der Waals surface area contributed by atoms with Gasteiger partial charge in [0, 0.05) is 13.2 Å². The molecule has 0 fully saturated rings. The minimum Gasteiger partial charge on any atom is -0.467 e. The van der Waals surface area contributed by atoms with E-state index in [1.165, 1.54) is 14.0 Å². The van der Waals surface area contributed by atoms with Crippen LogP contribution in [-0.4, -0.2) is 38.7 Å². The van der Waals surface area contributed by atoms with Crippen molar-refractivity contribution < 1.29 is 27.8 Å². The van der Waals surface area contributed by atoms with Crippen LogP contribution in [0.3, 0.4) is 0 Å². The molecule has 1 aromatic carbocycles. The van der Waals surface area contributed by atoms with E-state index in [-0.39, 0.29) is 17.7 Å². The zero-order valence-electron chi connectivity index (χ0n) is 11.3. The summed E-state index contributed by atoms with van der Waals surface area (Å²) in [6.07, 6.45) is 0. The number of carbonyl (C=O) groups excluding carboxylic acids is 2. The van der Waals surface area contributed by atoms with Gasteiger partial charge in [0.2, 0.25) is 0 Å². The lowest BCUT2D eigenvalue weighted by Gasteiger charge is -2.16. The van der Waals surface area contributed by atoms with Crippen LogP contribution >= 0.6 is 0 Å². The standard InChI is InChI=1S/C13H15F2NO4/c1-7-4-8(10(15)5-9(7)14)12(17)16-11(6-19-2)13(18)20-3/h4-5,11H,6H2,1-3H3,(H,16,17)/t11-/m0/s1. The summed E-state index contributed by atoms with van der Waals surface area (Å²) < 4.78 is 35.9. The highest BCUT2D eigenvalue weighted by atomic mass is 19.1. The number of nitrogens with one attached hydrogen (secondary N) is 1. The molecule has 0 spiro atoms. The monoisotopic (exact) mass is 287 g/mol. The number of amides is 1. The van der Waals surface area contributed by atoms with Crippen LogP contribution in [0.2, 0.25) is 0 Å². The van der Waals surface area contributed by atoms with E-state index in [1.54, 1.807) is 0 Å². The predicted octanol–water partition coefficient (Wildman–Crippen LogP) is 1.19. The number of methoxy groups -OCH3 is 2. The Morgan fingerprint density at radius 1 is 1.25 bits per heavy atom. The van der Waals surface area contributed by atoms with Gasteiger partial charge in [0.1, 0.15) is 11.6 Å². The molecule has 0 aromatic heterocycles. The molecule has 0 aliphatic carbocycles. The molecule has 0 bridgehead atoms. The number of hydrogen-bond acceptors (Lipinski definition) is 4. The van der Waals surface area contributed by atoms with Gasteiger partial charge >= 0.3 is 5.97 Å². The third-order valence-electron chi connectivity index (χ3n) is 2.62. The van der Waals surface area contributed by atoms with E-state index in [2.05, 4.69) is 10.1 Å². The van der Waals surface area contributed by atoms with Crippen LogP contribution in [0.25, 0.3) is 0 Å². The van der Waals surface area contributed by atoms with E-state index in [0.29, 0.717) is 6.07 Å². The maximum absolute atomic E-state index is 13.6. The molecule has 0 aliphatic rings. The summed E-state index contributed by atoms with van der Waals surface area (Å²) in [6.45, 7) is 1.28. The lowest BCUT2D eigenvalue weighted by molar-refractivity contribution is -0.144. The van der Waals surface area contributed by atoms with Crippen molar-refractivity contribution in [3.8, 4) is 0 Å². The Labute approximate surface area is 114 Å². The number of esters is 1. The van der Waals surface area contributed by atoms with Crippen molar-refractivity contribution >= 4 is 11.9 Å². The highest BCUT2D eigenvalue weighted by Crippen LogP contribution is 2.14. The van der Waals surface area contributed by atoms with E-state index >= 15 is 0 Å². The van der Waals surface area contributed by atoms with Gasteiger partial charge in [0.15, 0.2) is 6.04 Å². The molecule has 0 saturated heterocycles. The first kappa shape index (κ1) is 16.0. The summed E-state index contributed by atoms with van der Waals surface area (Å²) in [5.41, 5.74) is -0.230. The molecule has 110 valence electrons. The Morgan fingerprint density at radius 3 is 2.45 bits per heavy atom. The number of rotatable bonds is 5. The minimum absolute atomic E-state index is 0.123. The minimum atomic E-state index is -1.07. The Kier molecular flexibility index (Phi) is 5.57. The molecule has 0 unspecified atom stereocenters. The summed E-state index contributed by atoms with van der Waals surface area (Å²) >= 11 is 0. The van der Waals surface area contributed by atoms with Crippen LogP contribution in [-0.2, 0) is 14.3 Å². The molecule has 1 amide bonds. The second kappa shape index (κ2) is 6.95. The van der Waals surface area contributed by atoms with Crippen molar-refractivity contribution in [3.05, 3.63) is 34.9 Å². The summed E-state index contributed by atoms with van der Waals surface area (Å²) in [4.78, 5) is 23.3. The molecule has 1 rings (SSSR count). The Bertz CT molecular complexity index is 519. The lowest BCUT2D eigenvalue weighted by atomic mass is 10.1. The fourth-order valence-corrected chi connectivity index (χ4v) is 1.54. The molecule has 0 aliphatic heterocycles. The van der Waals surface area contributed by atoms with Crippen LogP contribution in [0.5, 0.6) is 0 Å². The number of ether oxygens (including phenoxy) is 2. The summed E-state index contributed by atoms with van der Waals surface area (Å²) in [5, 5.41) is 2.27. The third kappa shape index (κ3) is 3.74.